The molecule has 0 aromatic rings. The summed E-state index contributed by atoms with van der Waals surface area (Å²) in [5.41, 5.74) is 0. The molecule has 0 heteroatoms. The molecule has 2 unspecified atom stereocenters. The smallest absolute Gasteiger partial charge is 0.0409 e. The summed E-state index contributed by atoms with van der Waals surface area (Å²) in [6, 6.07) is 0. The third kappa shape index (κ3) is 4.15. The minimum atomic E-state index is 1.03. The number of rotatable bonds is 5. The van der Waals surface area contributed by atoms with E-state index in [4.69, 9.17) is 0 Å². The van der Waals surface area contributed by atoms with Crippen LogP contribution in [0.3, 0.4) is 0 Å². The van der Waals surface area contributed by atoms with Crippen molar-refractivity contribution in [3.63, 3.8) is 0 Å². The van der Waals surface area contributed by atoms with E-state index in [0.717, 1.165) is 11.8 Å². The van der Waals surface area contributed by atoms with Crippen molar-refractivity contribution >= 4 is 0 Å². The minimum Gasteiger partial charge on any atom is -0.0654 e. The average Bonchev–Trinajstić information content (AvgIpc) is 2.16. The summed E-state index contributed by atoms with van der Waals surface area (Å²) < 4.78 is 0. The molecule has 0 N–H and O–H groups in total. The molecule has 1 aliphatic rings. The van der Waals surface area contributed by atoms with Gasteiger partial charge in [-0.2, -0.15) is 0 Å². The highest BCUT2D eigenvalue weighted by molar-refractivity contribution is 4.76. The Morgan fingerprint density at radius 1 is 1.23 bits per heavy atom. The lowest BCUT2D eigenvalue weighted by Gasteiger charge is -2.28. The first-order chi connectivity index (χ1) is 6.36. The Kier molecular flexibility index (Phi) is 5.50. The quantitative estimate of drug-likeness (QED) is 0.581. The van der Waals surface area contributed by atoms with Crippen LogP contribution in [0.1, 0.15) is 65.2 Å². The Hall–Kier alpha value is 0. The molecule has 1 radical (unpaired) electrons. The van der Waals surface area contributed by atoms with Gasteiger partial charge < -0.3 is 0 Å². The van der Waals surface area contributed by atoms with Crippen LogP contribution < -0.4 is 0 Å². The maximum absolute atomic E-state index is 2.35. The van der Waals surface area contributed by atoms with Gasteiger partial charge in [0.1, 0.15) is 0 Å². The fraction of sp³-hybridized carbons (Fsp3) is 0.923. The summed E-state index contributed by atoms with van der Waals surface area (Å²) in [6.07, 6.45) is 14.1. The van der Waals surface area contributed by atoms with Crippen molar-refractivity contribution in [3.8, 4) is 0 Å². The van der Waals surface area contributed by atoms with Gasteiger partial charge in [-0.05, 0) is 31.1 Å². The second-order valence-corrected chi connectivity index (χ2v) is 4.68. The van der Waals surface area contributed by atoms with E-state index in [1.165, 1.54) is 51.4 Å². The zero-order valence-corrected chi connectivity index (χ0v) is 9.39. The number of hydrogen-bond acceptors (Lipinski definition) is 0. The lowest BCUT2D eigenvalue weighted by Crippen LogP contribution is -2.15. The van der Waals surface area contributed by atoms with Crippen LogP contribution in [-0.2, 0) is 0 Å². The van der Waals surface area contributed by atoms with Crippen LogP contribution in [0, 0.1) is 18.3 Å². The highest BCUT2D eigenvalue weighted by atomic mass is 14.3. The second kappa shape index (κ2) is 6.45. The summed E-state index contributed by atoms with van der Waals surface area (Å²) in [6.45, 7) is 4.51. The zero-order valence-electron chi connectivity index (χ0n) is 9.39. The normalized spacial score (nSPS) is 29.1. The van der Waals surface area contributed by atoms with E-state index in [1.54, 1.807) is 0 Å². The molecule has 0 aromatic heterocycles. The summed E-state index contributed by atoms with van der Waals surface area (Å²) in [5, 5.41) is 0. The highest BCUT2D eigenvalue weighted by Crippen LogP contribution is 2.34. The lowest BCUT2D eigenvalue weighted by atomic mass is 9.77. The molecule has 0 aliphatic heterocycles. The molecule has 0 heterocycles. The Labute approximate surface area is 84.1 Å². The largest absolute Gasteiger partial charge is 0.0654 e. The van der Waals surface area contributed by atoms with E-state index < -0.39 is 0 Å². The van der Waals surface area contributed by atoms with Gasteiger partial charge in [-0.25, -0.2) is 0 Å². The molecule has 1 fully saturated rings. The van der Waals surface area contributed by atoms with Crippen LogP contribution in [0.5, 0.6) is 0 Å². The van der Waals surface area contributed by atoms with Crippen LogP contribution in [0.2, 0.25) is 0 Å². The van der Waals surface area contributed by atoms with Gasteiger partial charge in [0.05, 0.1) is 0 Å². The average molecular weight is 181 g/mol. The number of hydrogen-bond donors (Lipinski definition) is 0. The van der Waals surface area contributed by atoms with Crippen molar-refractivity contribution in [2.75, 3.05) is 0 Å². The molecule has 13 heavy (non-hydrogen) atoms. The molecule has 0 saturated heterocycles. The molecule has 1 aliphatic carbocycles. The van der Waals surface area contributed by atoms with Crippen molar-refractivity contribution < 1.29 is 0 Å². The van der Waals surface area contributed by atoms with Gasteiger partial charge in [-0.3, -0.25) is 0 Å². The molecule has 77 valence electrons. The monoisotopic (exact) mass is 181 g/mol. The molecule has 0 bridgehead atoms. The van der Waals surface area contributed by atoms with Crippen molar-refractivity contribution in [3.05, 3.63) is 6.42 Å². The molecule has 1 rings (SSSR count). The summed E-state index contributed by atoms with van der Waals surface area (Å²) in [7, 11) is 0. The minimum absolute atomic E-state index is 1.03. The first kappa shape index (κ1) is 11.1. The van der Waals surface area contributed by atoms with Crippen LogP contribution >= 0.6 is 0 Å². The maximum atomic E-state index is 2.35. The van der Waals surface area contributed by atoms with E-state index in [9.17, 15) is 0 Å². The van der Waals surface area contributed by atoms with E-state index in [1.807, 2.05) is 0 Å². The Morgan fingerprint density at radius 2 is 2.00 bits per heavy atom. The molecular formula is C13H25. The first-order valence-corrected chi connectivity index (χ1v) is 6.14. The van der Waals surface area contributed by atoms with Crippen molar-refractivity contribution in [1.29, 1.82) is 0 Å². The lowest BCUT2D eigenvalue weighted by molar-refractivity contribution is 0.249. The van der Waals surface area contributed by atoms with Crippen molar-refractivity contribution in [2.24, 2.45) is 11.8 Å². The van der Waals surface area contributed by atoms with Gasteiger partial charge in [0, 0.05) is 0 Å². The topological polar surface area (TPSA) is 0 Å². The summed E-state index contributed by atoms with van der Waals surface area (Å²) in [4.78, 5) is 0. The Balaban J connectivity index is 2.16. The fourth-order valence-corrected chi connectivity index (χ4v) is 2.70. The van der Waals surface area contributed by atoms with Crippen LogP contribution in [0.25, 0.3) is 0 Å². The molecule has 0 amide bonds. The molecular weight excluding hydrogens is 156 g/mol. The fourth-order valence-electron chi connectivity index (χ4n) is 2.70. The van der Waals surface area contributed by atoms with E-state index in [0.29, 0.717) is 0 Å². The SMILES string of the molecule is C[CH]CC1CCCC(CCCC)C1. The van der Waals surface area contributed by atoms with Crippen LogP contribution in [0.15, 0.2) is 0 Å². The zero-order chi connectivity index (χ0) is 9.52. The van der Waals surface area contributed by atoms with E-state index in [2.05, 4.69) is 20.3 Å². The van der Waals surface area contributed by atoms with Crippen LogP contribution in [-0.4, -0.2) is 0 Å². The molecule has 0 nitrogen and oxygen atoms in total. The van der Waals surface area contributed by atoms with E-state index >= 15 is 0 Å². The van der Waals surface area contributed by atoms with Crippen molar-refractivity contribution in [2.45, 2.75) is 65.2 Å². The van der Waals surface area contributed by atoms with Gasteiger partial charge in [-0.1, -0.05) is 52.4 Å². The Bertz CT molecular complexity index is 115. The van der Waals surface area contributed by atoms with Gasteiger partial charge in [0.2, 0.25) is 0 Å². The highest BCUT2D eigenvalue weighted by Gasteiger charge is 2.20. The third-order valence-electron chi connectivity index (χ3n) is 3.43. The first-order valence-electron chi connectivity index (χ1n) is 6.14. The van der Waals surface area contributed by atoms with Gasteiger partial charge in [-0.15, -0.1) is 0 Å². The second-order valence-electron chi connectivity index (χ2n) is 4.68. The standard InChI is InChI=1S/C13H25/c1-3-5-8-13-10-6-9-12(11-13)7-4-2/h4,12-13H,3,5-11H2,1-2H3. The summed E-state index contributed by atoms with van der Waals surface area (Å²) >= 11 is 0. The summed E-state index contributed by atoms with van der Waals surface area (Å²) in [5.74, 6) is 2.10. The molecule has 2 atom stereocenters. The number of unbranched alkanes of at least 4 members (excludes halogenated alkanes) is 1. The molecule has 0 spiro atoms. The maximum Gasteiger partial charge on any atom is -0.0409 e. The van der Waals surface area contributed by atoms with E-state index in [-0.39, 0.29) is 0 Å². The van der Waals surface area contributed by atoms with Crippen molar-refractivity contribution in [1.82, 2.24) is 0 Å². The predicted molar refractivity (Wildman–Crippen MR) is 59.6 cm³/mol. The van der Waals surface area contributed by atoms with Gasteiger partial charge in [0.15, 0.2) is 0 Å². The predicted octanol–water partition coefficient (Wildman–Crippen LogP) is 4.60. The van der Waals surface area contributed by atoms with Crippen LogP contribution in [0.4, 0.5) is 0 Å². The molecule has 0 aromatic carbocycles. The molecule has 1 saturated carbocycles. The van der Waals surface area contributed by atoms with Gasteiger partial charge >= 0.3 is 0 Å². The Morgan fingerprint density at radius 3 is 2.69 bits per heavy atom. The van der Waals surface area contributed by atoms with Gasteiger partial charge in [0.25, 0.3) is 0 Å². The third-order valence-corrected chi connectivity index (χ3v) is 3.43.